The Morgan fingerprint density at radius 1 is 0.966 bits per heavy atom. The van der Waals surface area contributed by atoms with Crippen molar-refractivity contribution in [2.24, 2.45) is 0 Å². The van der Waals surface area contributed by atoms with Crippen LogP contribution in [0.15, 0.2) is 47.5 Å². The van der Waals surface area contributed by atoms with E-state index in [4.69, 9.17) is 0 Å². The van der Waals surface area contributed by atoms with Crippen LogP contribution in [-0.2, 0) is 0 Å². The summed E-state index contributed by atoms with van der Waals surface area (Å²) in [6.07, 6.45) is 5.61. The van der Waals surface area contributed by atoms with Crippen molar-refractivity contribution in [3.05, 3.63) is 85.4 Å². The number of thiazole rings is 1. The molecule has 29 heavy (non-hydrogen) atoms. The van der Waals surface area contributed by atoms with E-state index in [2.05, 4.69) is 49.9 Å². The van der Waals surface area contributed by atoms with Crippen LogP contribution in [0.3, 0.4) is 0 Å². The number of aromatic nitrogens is 4. The maximum atomic E-state index is 13.0. The molecule has 3 heterocycles. The lowest BCUT2D eigenvalue weighted by atomic mass is 10.1. The molecule has 0 fully saturated rings. The van der Waals surface area contributed by atoms with Crippen molar-refractivity contribution < 1.29 is 0 Å². The predicted octanol–water partition coefficient (Wildman–Crippen LogP) is 3.88. The quantitative estimate of drug-likeness (QED) is 0.452. The van der Waals surface area contributed by atoms with Crippen molar-refractivity contribution in [3.63, 3.8) is 0 Å². The normalized spacial score (nSPS) is 12.5. The van der Waals surface area contributed by atoms with Gasteiger partial charge in [0, 0.05) is 11.8 Å². The Morgan fingerprint density at radius 2 is 1.72 bits per heavy atom. The second kappa shape index (κ2) is 6.39. The third kappa shape index (κ3) is 2.87. The van der Waals surface area contributed by atoms with Crippen molar-refractivity contribution in [1.29, 1.82) is 0 Å². The number of imidazole rings is 1. The van der Waals surface area contributed by atoms with Crippen molar-refractivity contribution in [3.8, 4) is 5.69 Å². The van der Waals surface area contributed by atoms with E-state index in [1.54, 1.807) is 10.6 Å². The lowest BCUT2D eigenvalue weighted by molar-refractivity contribution is 0.878. The third-order valence-corrected chi connectivity index (χ3v) is 6.48. The summed E-state index contributed by atoms with van der Waals surface area (Å²) >= 11 is 1.41. The number of benzene rings is 2. The number of rotatable bonds is 2. The number of nitrogens with zero attached hydrogens (tertiary/aromatic N) is 4. The molecule has 0 radical (unpaired) electrons. The van der Waals surface area contributed by atoms with Gasteiger partial charge < -0.3 is 0 Å². The number of hydrogen-bond acceptors (Lipinski definition) is 4. The Labute approximate surface area is 171 Å². The molecule has 2 aromatic carbocycles. The summed E-state index contributed by atoms with van der Waals surface area (Å²) in [5.74, 6) is 0. The van der Waals surface area contributed by atoms with E-state index >= 15 is 0 Å². The molecule has 5 nitrogen and oxygen atoms in total. The average Bonchev–Trinajstić information content (AvgIpc) is 3.35. The smallest absolute Gasteiger partial charge is 0.267 e. The highest BCUT2D eigenvalue weighted by molar-refractivity contribution is 7.15. The molecule has 0 aliphatic carbocycles. The molecule has 0 atom stereocenters. The molecule has 0 saturated carbocycles. The zero-order chi connectivity index (χ0) is 20.3. The minimum atomic E-state index is -0.0327. The molecule has 3 aromatic heterocycles. The van der Waals surface area contributed by atoms with Gasteiger partial charge in [-0.25, -0.2) is 14.1 Å². The van der Waals surface area contributed by atoms with Crippen LogP contribution in [-0.4, -0.2) is 19.2 Å². The fourth-order valence-electron chi connectivity index (χ4n) is 3.49. The maximum absolute atomic E-state index is 13.0. The van der Waals surface area contributed by atoms with Crippen LogP contribution in [0.2, 0.25) is 0 Å². The van der Waals surface area contributed by atoms with Gasteiger partial charge in [0.25, 0.3) is 5.56 Å². The largest absolute Gasteiger partial charge is 0.274 e. The summed E-state index contributed by atoms with van der Waals surface area (Å²) in [6.45, 7) is 8.30. The molecule has 5 aromatic rings. The number of fused-ring (bicyclic) bond motifs is 3. The van der Waals surface area contributed by atoms with Crippen LogP contribution < -0.4 is 10.1 Å². The Morgan fingerprint density at radius 3 is 2.52 bits per heavy atom. The van der Waals surface area contributed by atoms with Gasteiger partial charge in [0.1, 0.15) is 0 Å². The van der Waals surface area contributed by atoms with Gasteiger partial charge in [-0.3, -0.25) is 4.79 Å². The first kappa shape index (κ1) is 17.8. The summed E-state index contributed by atoms with van der Waals surface area (Å²) in [5.41, 5.74) is 8.42. The summed E-state index contributed by atoms with van der Waals surface area (Å²) < 4.78 is 4.21. The first-order chi connectivity index (χ1) is 13.9. The zero-order valence-corrected chi connectivity index (χ0v) is 17.5. The third-order valence-electron chi connectivity index (χ3n) is 5.51. The summed E-state index contributed by atoms with van der Waals surface area (Å²) in [4.78, 5) is 18.4. The Balaban J connectivity index is 1.61. The fourth-order valence-corrected chi connectivity index (χ4v) is 4.48. The van der Waals surface area contributed by atoms with E-state index in [9.17, 15) is 4.79 Å². The maximum Gasteiger partial charge on any atom is 0.274 e. The summed E-state index contributed by atoms with van der Waals surface area (Å²) in [6, 6.07) is 10.3. The van der Waals surface area contributed by atoms with E-state index in [1.807, 2.05) is 35.2 Å². The van der Waals surface area contributed by atoms with Crippen molar-refractivity contribution in [2.45, 2.75) is 27.7 Å². The van der Waals surface area contributed by atoms with E-state index in [-0.39, 0.29) is 5.56 Å². The van der Waals surface area contributed by atoms with Crippen molar-refractivity contribution >= 4 is 33.4 Å². The van der Waals surface area contributed by atoms with Gasteiger partial charge in [0.05, 0.1) is 27.4 Å². The van der Waals surface area contributed by atoms with E-state index in [0.29, 0.717) is 4.53 Å². The molecule has 0 N–H and O–H groups in total. The first-order valence-electron chi connectivity index (χ1n) is 9.47. The van der Waals surface area contributed by atoms with Crippen LogP contribution in [0.25, 0.3) is 27.8 Å². The van der Waals surface area contributed by atoms with E-state index in [1.165, 1.54) is 28.0 Å². The molecule has 0 amide bonds. The van der Waals surface area contributed by atoms with Crippen LogP contribution in [0.4, 0.5) is 0 Å². The molecule has 6 heteroatoms. The highest BCUT2D eigenvalue weighted by Gasteiger charge is 2.12. The van der Waals surface area contributed by atoms with E-state index in [0.717, 1.165) is 32.8 Å². The Bertz CT molecular complexity index is 1520. The molecule has 0 bridgehead atoms. The Kier molecular flexibility index (Phi) is 3.93. The first-order valence-corrected chi connectivity index (χ1v) is 10.3. The Hall–Kier alpha value is -3.25. The number of hydrogen-bond donors (Lipinski definition) is 0. The highest BCUT2D eigenvalue weighted by atomic mass is 32.1. The summed E-state index contributed by atoms with van der Waals surface area (Å²) in [5, 5.41) is 4.46. The second-order valence-corrected chi connectivity index (χ2v) is 8.57. The van der Waals surface area contributed by atoms with Crippen LogP contribution >= 0.6 is 11.3 Å². The highest BCUT2D eigenvalue weighted by Crippen LogP contribution is 2.21. The fraction of sp³-hybridized carbons (Fsp3) is 0.174. The van der Waals surface area contributed by atoms with Gasteiger partial charge >= 0.3 is 0 Å². The van der Waals surface area contributed by atoms with Crippen molar-refractivity contribution in [1.82, 2.24) is 19.2 Å². The van der Waals surface area contributed by atoms with Gasteiger partial charge in [-0.15, -0.1) is 0 Å². The zero-order valence-electron chi connectivity index (χ0n) is 16.7. The minimum Gasteiger partial charge on any atom is -0.267 e. The van der Waals surface area contributed by atoms with Gasteiger partial charge in [-0.1, -0.05) is 17.4 Å². The van der Waals surface area contributed by atoms with Crippen LogP contribution in [0.5, 0.6) is 0 Å². The molecular weight excluding hydrogens is 380 g/mol. The lowest BCUT2D eigenvalue weighted by Crippen LogP contribution is -2.22. The molecule has 0 unspecified atom stereocenters. The second-order valence-electron chi connectivity index (χ2n) is 7.56. The van der Waals surface area contributed by atoms with Gasteiger partial charge in [-0.2, -0.15) is 5.10 Å². The molecule has 0 aliphatic rings. The van der Waals surface area contributed by atoms with Crippen LogP contribution in [0, 0.1) is 27.7 Å². The lowest BCUT2D eigenvalue weighted by Gasteiger charge is -2.04. The van der Waals surface area contributed by atoms with Crippen LogP contribution in [0.1, 0.15) is 27.8 Å². The van der Waals surface area contributed by atoms with Gasteiger partial charge in [0.15, 0.2) is 4.96 Å². The van der Waals surface area contributed by atoms with Gasteiger partial charge in [0.2, 0.25) is 0 Å². The summed E-state index contributed by atoms with van der Waals surface area (Å²) in [7, 11) is 0. The average molecular weight is 401 g/mol. The molecule has 0 spiro atoms. The predicted molar refractivity (Wildman–Crippen MR) is 118 cm³/mol. The molecule has 144 valence electrons. The van der Waals surface area contributed by atoms with E-state index < -0.39 is 0 Å². The molecule has 0 saturated heterocycles. The molecular formula is C23H20N4OS. The van der Waals surface area contributed by atoms with Crippen molar-refractivity contribution in [2.75, 3.05) is 0 Å². The monoisotopic (exact) mass is 400 g/mol. The molecule has 5 rings (SSSR count). The molecule has 0 aliphatic heterocycles. The standard InChI is InChI=1S/C23H20N4OS/c1-13-5-6-18(7-14(13)2)26-12-17(11-24-26)10-21-22(28)27-20-9-16(4)15(3)8-19(20)25-23(27)29-21/h5-12H,1-4H3/b21-10-. The minimum absolute atomic E-state index is 0.0327. The van der Waals surface area contributed by atoms with Gasteiger partial charge in [-0.05, 0) is 80.3 Å². The SMILES string of the molecule is Cc1ccc(-n2cc(/C=c3\sc4nc5cc(C)c(C)cc5n4c3=O)cn2)cc1C. The number of aryl methyl sites for hydroxylation is 4. The topological polar surface area (TPSA) is 52.2 Å².